The molecule has 0 saturated heterocycles. The molecule has 2 heteroatoms. The molecule has 2 nitrogen and oxygen atoms in total. The van der Waals surface area contributed by atoms with Gasteiger partial charge in [0.2, 0.25) is 0 Å². The van der Waals surface area contributed by atoms with Crippen LogP contribution in [0.4, 0.5) is 0 Å². The van der Waals surface area contributed by atoms with Gasteiger partial charge in [0, 0.05) is 17.3 Å². The summed E-state index contributed by atoms with van der Waals surface area (Å²) in [4.78, 5) is 24.6. The predicted octanol–water partition coefficient (Wildman–Crippen LogP) is 5.20. The minimum absolute atomic E-state index is 0.0775. The fourth-order valence-corrected chi connectivity index (χ4v) is 6.62. The summed E-state index contributed by atoms with van der Waals surface area (Å²) in [5.41, 5.74) is 2.64. The van der Waals surface area contributed by atoms with Crippen LogP contribution in [0.15, 0.2) is 35.5 Å². The Labute approximate surface area is 151 Å². The van der Waals surface area contributed by atoms with Crippen LogP contribution in [-0.2, 0) is 9.59 Å². The van der Waals surface area contributed by atoms with Gasteiger partial charge in [0.05, 0.1) is 0 Å². The average Bonchev–Trinajstić information content (AvgIpc) is 2.87. The second-order valence-electron chi connectivity index (χ2n) is 9.29. The van der Waals surface area contributed by atoms with Crippen LogP contribution >= 0.6 is 0 Å². The van der Waals surface area contributed by atoms with E-state index in [1.165, 1.54) is 17.6 Å². The van der Waals surface area contributed by atoms with Crippen LogP contribution in [-0.4, -0.2) is 11.6 Å². The number of ketones is 2. The van der Waals surface area contributed by atoms with Crippen molar-refractivity contribution in [2.75, 3.05) is 0 Å². The molecule has 0 heterocycles. The molecule has 0 spiro atoms. The van der Waals surface area contributed by atoms with Crippen molar-refractivity contribution in [2.24, 2.45) is 28.1 Å². The molecule has 134 valence electrons. The maximum atomic E-state index is 12.8. The molecule has 0 radical (unpaired) electrons. The van der Waals surface area contributed by atoms with Crippen molar-refractivity contribution in [2.45, 2.75) is 66.2 Å². The maximum absolute atomic E-state index is 12.8. The van der Waals surface area contributed by atoms with Gasteiger partial charge in [0.25, 0.3) is 0 Å². The number of rotatable bonds is 2. The van der Waals surface area contributed by atoms with E-state index in [0.717, 1.165) is 25.7 Å². The number of hydrogen-bond acceptors (Lipinski definition) is 2. The molecular weight excluding hydrogens is 308 g/mol. The summed E-state index contributed by atoms with van der Waals surface area (Å²) < 4.78 is 0. The predicted molar refractivity (Wildman–Crippen MR) is 100.0 cm³/mol. The van der Waals surface area contributed by atoms with Gasteiger partial charge in [-0.3, -0.25) is 9.59 Å². The molecule has 5 atom stereocenters. The summed E-state index contributed by atoms with van der Waals surface area (Å²) in [6, 6.07) is 0. The van der Waals surface area contributed by atoms with Gasteiger partial charge in [0.15, 0.2) is 5.78 Å². The molecule has 0 aliphatic heterocycles. The molecule has 0 bridgehead atoms. The minimum Gasteiger partial charge on any atom is -0.299 e. The van der Waals surface area contributed by atoms with E-state index in [1.807, 2.05) is 13.0 Å². The first kappa shape index (κ1) is 17.0. The zero-order chi connectivity index (χ0) is 18.0. The van der Waals surface area contributed by atoms with E-state index in [-0.39, 0.29) is 22.0 Å². The van der Waals surface area contributed by atoms with Crippen LogP contribution in [0.5, 0.6) is 0 Å². The van der Waals surface area contributed by atoms with E-state index >= 15 is 0 Å². The topological polar surface area (TPSA) is 34.1 Å². The lowest BCUT2D eigenvalue weighted by molar-refractivity contribution is -0.135. The molecule has 25 heavy (non-hydrogen) atoms. The molecule has 0 aromatic heterocycles. The average molecular weight is 338 g/mol. The fraction of sp³-hybridized carbons (Fsp3) is 0.652. The Balaban J connectivity index is 1.77. The van der Waals surface area contributed by atoms with Crippen LogP contribution in [0.1, 0.15) is 66.2 Å². The van der Waals surface area contributed by atoms with Gasteiger partial charge in [-0.1, -0.05) is 44.1 Å². The fourth-order valence-electron chi connectivity index (χ4n) is 6.62. The lowest BCUT2D eigenvalue weighted by Crippen LogP contribution is -2.48. The molecule has 4 aliphatic carbocycles. The molecule has 0 aromatic carbocycles. The lowest BCUT2D eigenvalue weighted by Gasteiger charge is -2.54. The molecule has 2 unspecified atom stereocenters. The highest BCUT2D eigenvalue weighted by Crippen LogP contribution is 2.67. The summed E-state index contributed by atoms with van der Waals surface area (Å²) >= 11 is 0. The molecular formula is C23H30O2. The summed E-state index contributed by atoms with van der Waals surface area (Å²) in [6.07, 6.45) is 14.2. The van der Waals surface area contributed by atoms with Crippen molar-refractivity contribution in [3.63, 3.8) is 0 Å². The van der Waals surface area contributed by atoms with Gasteiger partial charge in [-0.25, -0.2) is 0 Å². The number of carbonyl (C=O) groups excluding carboxylic acids is 2. The Bertz CT molecular complexity index is 739. The molecule has 4 aliphatic rings. The highest BCUT2D eigenvalue weighted by atomic mass is 16.1. The number of Topliss-reactive ketones (excluding diaryl/α,β-unsaturated/α-hetero) is 1. The van der Waals surface area contributed by atoms with E-state index in [4.69, 9.17) is 0 Å². The standard InChI is InChI=1S/C23H30O2/c1-5-20(25)23(4)13-10-19-17-7-6-15-14-16(24)8-11-21(15,2)18(17)9-12-22(19,23)3/h8-9,11,14,17,19H,5-7,10,12-13H2,1-4H3/t17?,19?,21-,22-,23+/m0/s1. The van der Waals surface area contributed by atoms with Crippen molar-refractivity contribution < 1.29 is 9.59 Å². The summed E-state index contributed by atoms with van der Waals surface area (Å²) in [5, 5.41) is 0. The molecule has 4 rings (SSSR count). The maximum Gasteiger partial charge on any atom is 0.178 e. The van der Waals surface area contributed by atoms with E-state index in [9.17, 15) is 9.59 Å². The van der Waals surface area contributed by atoms with Crippen molar-refractivity contribution >= 4 is 11.6 Å². The second kappa shape index (κ2) is 5.28. The van der Waals surface area contributed by atoms with Crippen LogP contribution in [0.25, 0.3) is 0 Å². The van der Waals surface area contributed by atoms with Crippen molar-refractivity contribution in [3.05, 3.63) is 35.5 Å². The minimum atomic E-state index is -0.177. The van der Waals surface area contributed by atoms with Gasteiger partial charge in [-0.05, 0) is 68.4 Å². The zero-order valence-corrected chi connectivity index (χ0v) is 16.0. The first-order chi connectivity index (χ1) is 11.8. The Kier molecular flexibility index (Phi) is 3.59. The Morgan fingerprint density at radius 3 is 2.72 bits per heavy atom. The van der Waals surface area contributed by atoms with E-state index in [0.29, 0.717) is 24.0 Å². The molecule has 2 saturated carbocycles. The highest BCUT2D eigenvalue weighted by Gasteiger charge is 2.61. The smallest absolute Gasteiger partial charge is 0.178 e. The number of fused-ring (bicyclic) bond motifs is 5. The van der Waals surface area contributed by atoms with Gasteiger partial charge in [-0.15, -0.1) is 0 Å². The van der Waals surface area contributed by atoms with Gasteiger partial charge in [-0.2, -0.15) is 0 Å². The first-order valence-electron chi connectivity index (χ1n) is 9.94. The zero-order valence-electron chi connectivity index (χ0n) is 16.0. The second-order valence-corrected chi connectivity index (χ2v) is 9.29. The summed E-state index contributed by atoms with van der Waals surface area (Å²) in [7, 11) is 0. The quantitative estimate of drug-likeness (QED) is 0.649. The van der Waals surface area contributed by atoms with Crippen LogP contribution in [0.2, 0.25) is 0 Å². The van der Waals surface area contributed by atoms with Crippen LogP contribution < -0.4 is 0 Å². The van der Waals surface area contributed by atoms with Gasteiger partial charge < -0.3 is 0 Å². The van der Waals surface area contributed by atoms with Gasteiger partial charge >= 0.3 is 0 Å². The molecule has 0 amide bonds. The molecule has 2 fully saturated rings. The largest absolute Gasteiger partial charge is 0.299 e. The highest BCUT2D eigenvalue weighted by molar-refractivity contribution is 6.01. The van der Waals surface area contributed by atoms with E-state index in [1.54, 1.807) is 6.08 Å². The van der Waals surface area contributed by atoms with E-state index < -0.39 is 0 Å². The van der Waals surface area contributed by atoms with Crippen molar-refractivity contribution in [3.8, 4) is 0 Å². The van der Waals surface area contributed by atoms with Crippen molar-refractivity contribution in [1.82, 2.24) is 0 Å². The number of carbonyl (C=O) groups is 2. The summed E-state index contributed by atoms with van der Waals surface area (Å²) in [6.45, 7) is 8.90. The SMILES string of the molecule is CCC(=O)[C@@]1(C)CCC2C3CCC4=CC(=O)C=C[C@]4(C)C3=CC[C@@]21C. The summed E-state index contributed by atoms with van der Waals surface area (Å²) in [5.74, 6) is 1.73. The van der Waals surface area contributed by atoms with Crippen molar-refractivity contribution in [1.29, 1.82) is 0 Å². The number of hydrogen-bond donors (Lipinski definition) is 0. The monoisotopic (exact) mass is 338 g/mol. The van der Waals surface area contributed by atoms with Gasteiger partial charge in [0.1, 0.15) is 5.78 Å². The molecule has 0 aromatic rings. The normalized spacial score (nSPS) is 45.2. The lowest BCUT2D eigenvalue weighted by atomic mass is 9.49. The Morgan fingerprint density at radius 1 is 1.24 bits per heavy atom. The first-order valence-corrected chi connectivity index (χ1v) is 9.94. The van der Waals surface area contributed by atoms with Crippen LogP contribution in [0.3, 0.4) is 0 Å². The van der Waals surface area contributed by atoms with E-state index in [2.05, 4.69) is 32.9 Å². The third-order valence-corrected chi connectivity index (χ3v) is 8.49. The Morgan fingerprint density at radius 2 is 2.00 bits per heavy atom. The molecule has 0 N–H and O–H groups in total. The number of allylic oxidation sites excluding steroid dienone is 6. The van der Waals surface area contributed by atoms with Crippen LogP contribution in [0, 0.1) is 28.1 Å². The third-order valence-electron chi connectivity index (χ3n) is 8.49. The Hall–Kier alpha value is -1.44. The third kappa shape index (κ3) is 2.03.